The van der Waals surface area contributed by atoms with E-state index in [-0.39, 0.29) is 11.5 Å². The maximum atomic E-state index is 12.3. The molecule has 2 heterocycles. The Morgan fingerprint density at radius 3 is 2.70 bits per heavy atom. The van der Waals surface area contributed by atoms with Gasteiger partial charge in [-0.2, -0.15) is 0 Å². The monoisotopic (exact) mass is 365 g/mol. The predicted molar refractivity (Wildman–Crippen MR) is 108 cm³/mol. The van der Waals surface area contributed by atoms with Crippen LogP contribution >= 0.6 is 0 Å². The zero-order chi connectivity index (χ0) is 19.2. The molecule has 5 heteroatoms. The number of nitrogens with one attached hydrogen (secondary N) is 1. The number of rotatable bonds is 3. The topological polar surface area (TPSA) is 44.8 Å². The molecular formula is C22H27N3O2. The number of anilines is 2. The molecule has 142 valence electrons. The number of carbonyl (C=O) groups excluding carboxylic acids is 1. The number of carbonyl (C=O) groups is 1. The lowest BCUT2D eigenvalue weighted by atomic mass is 9.81. The Bertz CT molecular complexity index is 854. The van der Waals surface area contributed by atoms with Crippen LogP contribution in [0.25, 0.3) is 0 Å². The van der Waals surface area contributed by atoms with Crippen molar-refractivity contribution in [1.29, 1.82) is 0 Å². The second-order valence-electron chi connectivity index (χ2n) is 7.95. The number of ether oxygens (including phenoxy) is 1. The molecule has 2 aromatic carbocycles. The van der Waals surface area contributed by atoms with E-state index in [0.717, 1.165) is 24.2 Å². The number of amides is 1. The van der Waals surface area contributed by atoms with Gasteiger partial charge in [-0.25, -0.2) is 4.79 Å². The second kappa shape index (κ2) is 6.57. The summed E-state index contributed by atoms with van der Waals surface area (Å²) in [6, 6.07) is 15.9. The molecule has 2 aliphatic rings. The van der Waals surface area contributed by atoms with E-state index in [1.807, 2.05) is 43.3 Å². The van der Waals surface area contributed by atoms with Crippen LogP contribution in [-0.4, -0.2) is 37.8 Å². The van der Waals surface area contributed by atoms with Crippen molar-refractivity contribution in [2.75, 3.05) is 30.9 Å². The van der Waals surface area contributed by atoms with Crippen molar-refractivity contribution in [3.8, 4) is 0 Å². The first-order chi connectivity index (χ1) is 12.9. The van der Waals surface area contributed by atoms with E-state index in [0.29, 0.717) is 6.17 Å². The van der Waals surface area contributed by atoms with Gasteiger partial charge < -0.3 is 9.64 Å². The van der Waals surface area contributed by atoms with Crippen molar-refractivity contribution in [1.82, 2.24) is 4.90 Å². The van der Waals surface area contributed by atoms with Gasteiger partial charge in [0.15, 0.2) is 0 Å². The van der Waals surface area contributed by atoms with Gasteiger partial charge in [0.25, 0.3) is 0 Å². The van der Waals surface area contributed by atoms with Gasteiger partial charge in [0.05, 0.1) is 6.17 Å². The molecule has 2 aliphatic heterocycles. The minimum atomic E-state index is -0.435. The molecule has 0 radical (unpaired) electrons. The van der Waals surface area contributed by atoms with Gasteiger partial charge in [0, 0.05) is 30.4 Å². The van der Waals surface area contributed by atoms with Gasteiger partial charge >= 0.3 is 6.09 Å². The average Bonchev–Trinajstić information content (AvgIpc) is 3.07. The van der Waals surface area contributed by atoms with Gasteiger partial charge in [-0.05, 0) is 43.7 Å². The van der Waals surface area contributed by atoms with Crippen molar-refractivity contribution >= 4 is 17.5 Å². The molecule has 1 fully saturated rings. The summed E-state index contributed by atoms with van der Waals surface area (Å²) < 4.78 is 5.53. The van der Waals surface area contributed by atoms with Crippen molar-refractivity contribution in [2.24, 2.45) is 0 Å². The van der Waals surface area contributed by atoms with Gasteiger partial charge in [-0.15, -0.1) is 0 Å². The van der Waals surface area contributed by atoms with Crippen molar-refractivity contribution in [3.63, 3.8) is 0 Å². The third-order valence-electron chi connectivity index (χ3n) is 6.13. The normalized spacial score (nSPS) is 25.0. The summed E-state index contributed by atoms with van der Waals surface area (Å²) >= 11 is 0. The zero-order valence-corrected chi connectivity index (χ0v) is 16.4. The lowest BCUT2D eigenvalue weighted by molar-refractivity contribution is 0.121. The number of hydrogen-bond acceptors (Lipinski definition) is 4. The molecule has 0 saturated carbocycles. The van der Waals surface area contributed by atoms with Crippen molar-refractivity contribution in [2.45, 2.75) is 38.0 Å². The van der Waals surface area contributed by atoms with Crippen molar-refractivity contribution in [3.05, 3.63) is 59.7 Å². The highest BCUT2D eigenvalue weighted by molar-refractivity contribution is 5.86. The first-order valence-electron chi connectivity index (χ1n) is 9.50. The van der Waals surface area contributed by atoms with E-state index >= 15 is 0 Å². The van der Waals surface area contributed by atoms with Crippen LogP contribution in [0.4, 0.5) is 16.2 Å². The Labute approximate surface area is 160 Å². The van der Waals surface area contributed by atoms with Crippen LogP contribution in [0, 0.1) is 0 Å². The molecule has 0 spiro atoms. The van der Waals surface area contributed by atoms with Crippen molar-refractivity contribution < 1.29 is 9.53 Å². The number of benzene rings is 2. The fourth-order valence-corrected chi connectivity index (χ4v) is 4.76. The van der Waals surface area contributed by atoms with Gasteiger partial charge in [-0.3, -0.25) is 10.2 Å². The molecule has 5 nitrogen and oxygen atoms in total. The van der Waals surface area contributed by atoms with Crippen LogP contribution in [0.2, 0.25) is 0 Å². The summed E-state index contributed by atoms with van der Waals surface area (Å²) in [4.78, 5) is 17.1. The highest BCUT2D eigenvalue weighted by atomic mass is 16.6. The van der Waals surface area contributed by atoms with Crippen LogP contribution in [0.15, 0.2) is 48.5 Å². The van der Waals surface area contributed by atoms with Gasteiger partial charge in [-0.1, -0.05) is 43.3 Å². The standard InChI is InChI=1S/C22H27N3O2/c1-15(16-8-6-5-7-9-16)27-21(26)23-17-10-11-18-19(14-17)25(4)20-22(18,2)12-13-24(20)3/h5-11,14-15,20H,12-13H2,1-4H3,(H,23,26)/t15-,20+,22-/m1/s1. The number of likely N-dealkylation sites (N-methyl/N-ethyl adjacent to an activating group) is 2. The molecule has 0 aromatic heterocycles. The van der Waals surface area contributed by atoms with Crippen LogP contribution in [-0.2, 0) is 10.2 Å². The Kier molecular flexibility index (Phi) is 4.35. The number of nitrogens with zero attached hydrogens (tertiary/aromatic N) is 2. The quantitative estimate of drug-likeness (QED) is 0.877. The zero-order valence-electron chi connectivity index (χ0n) is 16.4. The molecule has 1 amide bonds. The summed E-state index contributed by atoms with van der Waals surface area (Å²) in [6.07, 6.45) is 0.785. The molecule has 1 saturated heterocycles. The second-order valence-corrected chi connectivity index (χ2v) is 7.95. The molecule has 3 atom stereocenters. The molecule has 4 rings (SSSR count). The number of fused-ring (bicyclic) bond motifs is 3. The van der Waals surface area contributed by atoms with Crippen LogP contribution in [0.3, 0.4) is 0 Å². The molecular weight excluding hydrogens is 338 g/mol. The summed E-state index contributed by atoms with van der Waals surface area (Å²) in [5, 5.41) is 2.88. The lowest BCUT2D eigenvalue weighted by Gasteiger charge is -2.32. The first kappa shape index (κ1) is 17.9. The van der Waals surface area contributed by atoms with E-state index in [2.05, 4.69) is 48.3 Å². The van der Waals surface area contributed by atoms with E-state index in [9.17, 15) is 4.79 Å². The summed E-state index contributed by atoms with van der Waals surface area (Å²) in [7, 11) is 4.32. The molecule has 0 bridgehead atoms. The highest BCUT2D eigenvalue weighted by Crippen LogP contribution is 2.51. The van der Waals surface area contributed by atoms with Gasteiger partial charge in [0.1, 0.15) is 6.10 Å². The Morgan fingerprint density at radius 2 is 1.96 bits per heavy atom. The van der Waals surface area contributed by atoms with E-state index in [1.165, 1.54) is 11.3 Å². The molecule has 2 aromatic rings. The number of likely N-dealkylation sites (tertiary alicyclic amines) is 1. The van der Waals surface area contributed by atoms with Gasteiger partial charge in [0.2, 0.25) is 0 Å². The minimum absolute atomic E-state index is 0.139. The Hall–Kier alpha value is -2.53. The Morgan fingerprint density at radius 1 is 1.22 bits per heavy atom. The largest absolute Gasteiger partial charge is 0.441 e. The average molecular weight is 365 g/mol. The smallest absolute Gasteiger partial charge is 0.412 e. The van der Waals surface area contributed by atoms with E-state index in [4.69, 9.17) is 4.74 Å². The summed E-state index contributed by atoms with van der Waals surface area (Å²) in [5.74, 6) is 0. The summed E-state index contributed by atoms with van der Waals surface area (Å²) in [5.41, 5.74) is 4.42. The third-order valence-corrected chi connectivity index (χ3v) is 6.13. The molecule has 0 aliphatic carbocycles. The van der Waals surface area contributed by atoms with E-state index < -0.39 is 6.09 Å². The fraction of sp³-hybridized carbons (Fsp3) is 0.409. The lowest BCUT2D eigenvalue weighted by Crippen LogP contribution is -2.45. The highest BCUT2D eigenvalue weighted by Gasteiger charge is 2.52. The summed E-state index contributed by atoms with van der Waals surface area (Å²) in [6.45, 7) is 5.32. The molecule has 27 heavy (non-hydrogen) atoms. The Balaban J connectivity index is 1.49. The van der Waals surface area contributed by atoms with Crippen LogP contribution < -0.4 is 10.2 Å². The minimum Gasteiger partial charge on any atom is -0.441 e. The first-order valence-corrected chi connectivity index (χ1v) is 9.50. The van der Waals surface area contributed by atoms with Crippen LogP contribution in [0.5, 0.6) is 0 Å². The maximum Gasteiger partial charge on any atom is 0.412 e. The maximum absolute atomic E-state index is 12.3. The molecule has 1 N–H and O–H groups in total. The number of hydrogen-bond donors (Lipinski definition) is 1. The van der Waals surface area contributed by atoms with Crippen LogP contribution in [0.1, 0.15) is 37.5 Å². The van der Waals surface area contributed by atoms with E-state index in [1.54, 1.807) is 0 Å². The predicted octanol–water partition coefficient (Wildman–Crippen LogP) is 4.37. The fourth-order valence-electron chi connectivity index (χ4n) is 4.76. The SMILES string of the molecule is C[C@@H](OC(=O)Nc1ccc2c(c1)N(C)[C@@H]1N(C)CC[C@]21C)c1ccccc1. The third kappa shape index (κ3) is 2.96. The molecule has 0 unspecified atom stereocenters.